The van der Waals surface area contributed by atoms with Gasteiger partial charge in [0.2, 0.25) is 5.91 Å². The monoisotopic (exact) mass is 486 g/mol. The maximum Gasteiger partial charge on any atom is 0.252 e. The molecule has 0 saturated carbocycles. The van der Waals surface area contributed by atoms with Crippen LogP contribution in [0.4, 0.5) is 11.5 Å². The Kier molecular flexibility index (Phi) is 5.54. The minimum atomic E-state index is -0.925. The Bertz CT molecular complexity index is 1480. The Labute approximate surface area is 209 Å². The molecule has 1 aliphatic rings. The molecule has 4 heterocycles. The zero-order valence-corrected chi connectivity index (χ0v) is 21.1. The summed E-state index contributed by atoms with van der Waals surface area (Å²) in [6, 6.07) is 11.9. The Balaban J connectivity index is 1.62. The van der Waals surface area contributed by atoms with Gasteiger partial charge in [0.15, 0.2) is 5.82 Å². The average molecular weight is 487 g/mol. The summed E-state index contributed by atoms with van der Waals surface area (Å²) < 4.78 is 3.73. The van der Waals surface area contributed by atoms with Crippen LogP contribution < -0.4 is 10.6 Å². The van der Waals surface area contributed by atoms with Crippen molar-refractivity contribution >= 4 is 28.8 Å². The predicted molar refractivity (Wildman–Crippen MR) is 138 cm³/mol. The van der Waals surface area contributed by atoms with Crippen molar-refractivity contribution in [1.29, 1.82) is 0 Å². The molecule has 1 aromatic carbocycles. The van der Waals surface area contributed by atoms with Crippen LogP contribution in [0.1, 0.15) is 40.7 Å². The smallest absolute Gasteiger partial charge is 0.252 e. The molecule has 0 spiro atoms. The van der Waals surface area contributed by atoms with Gasteiger partial charge in [-0.3, -0.25) is 14.3 Å². The van der Waals surface area contributed by atoms with E-state index in [0.29, 0.717) is 24.4 Å². The zero-order chi connectivity index (χ0) is 25.8. The number of hydrogen-bond acceptors (Lipinski definition) is 6. The number of piperazine rings is 1. The first-order valence-corrected chi connectivity index (χ1v) is 12.0. The normalized spacial score (nSPS) is 15.8. The van der Waals surface area contributed by atoms with E-state index in [1.807, 2.05) is 41.1 Å². The average Bonchev–Trinajstić information content (AvgIpc) is 3.46. The van der Waals surface area contributed by atoms with Crippen LogP contribution in [0.15, 0.2) is 48.9 Å². The molecule has 2 amide bonds. The Morgan fingerprint density at radius 2 is 1.86 bits per heavy atom. The fourth-order valence-corrected chi connectivity index (χ4v) is 5.07. The van der Waals surface area contributed by atoms with E-state index in [1.165, 1.54) is 13.3 Å². The lowest BCUT2D eigenvalue weighted by atomic mass is 9.96. The highest BCUT2D eigenvalue weighted by molar-refractivity contribution is 6.03. The maximum atomic E-state index is 13.4. The van der Waals surface area contributed by atoms with Gasteiger partial charge in [-0.2, -0.15) is 10.2 Å². The molecule has 0 unspecified atom stereocenters. The molecule has 2 N–H and O–H groups in total. The second-order valence-corrected chi connectivity index (χ2v) is 9.84. The van der Waals surface area contributed by atoms with Crippen LogP contribution in [0.3, 0.4) is 0 Å². The lowest BCUT2D eigenvalue weighted by molar-refractivity contribution is -0.145. The lowest BCUT2D eigenvalue weighted by Crippen LogP contribution is -2.64. The first-order valence-electron chi connectivity index (χ1n) is 12.0. The molecule has 1 fully saturated rings. The van der Waals surface area contributed by atoms with Crippen molar-refractivity contribution in [3.8, 4) is 22.5 Å². The van der Waals surface area contributed by atoms with Gasteiger partial charge in [0.1, 0.15) is 17.4 Å². The van der Waals surface area contributed by atoms with Gasteiger partial charge >= 0.3 is 0 Å². The Morgan fingerprint density at radius 3 is 2.58 bits per heavy atom. The molecule has 5 rings (SSSR count). The van der Waals surface area contributed by atoms with Crippen LogP contribution in [0.5, 0.6) is 0 Å². The van der Waals surface area contributed by atoms with Crippen molar-refractivity contribution in [3.63, 3.8) is 0 Å². The van der Waals surface area contributed by atoms with Crippen molar-refractivity contribution in [1.82, 2.24) is 29.3 Å². The van der Waals surface area contributed by atoms with Gasteiger partial charge in [-0.15, -0.1) is 0 Å². The summed E-state index contributed by atoms with van der Waals surface area (Å²) in [5.41, 5.74) is 10.4. The summed E-state index contributed by atoms with van der Waals surface area (Å²) in [6.45, 7) is 10.1. The van der Waals surface area contributed by atoms with Gasteiger partial charge in [-0.05, 0) is 52.0 Å². The quantitative estimate of drug-likeness (QED) is 0.473. The first-order chi connectivity index (χ1) is 17.1. The SMILES string of the molecule is CC(=O)N1CCN(c2cccc(-c3cc(-c4ccnn4C(C)C)c4c(N)ncnn34)c2)C(=O)C1(C)C. The second kappa shape index (κ2) is 8.47. The molecule has 1 aliphatic heterocycles. The third-order valence-electron chi connectivity index (χ3n) is 6.84. The van der Waals surface area contributed by atoms with Crippen LogP contribution in [0.2, 0.25) is 0 Å². The van der Waals surface area contributed by atoms with Crippen molar-refractivity contribution in [3.05, 3.63) is 48.9 Å². The number of carbonyl (C=O) groups is 2. The molecule has 3 aromatic heterocycles. The number of nitrogens with zero attached hydrogens (tertiary/aromatic N) is 7. The van der Waals surface area contributed by atoms with Gasteiger partial charge in [0.25, 0.3) is 5.91 Å². The van der Waals surface area contributed by atoms with Gasteiger partial charge in [-0.25, -0.2) is 9.50 Å². The number of anilines is 2. The molecule has 0 radical (unpaired) electrons. The van der Waals surface area contributed by atoms with Gasteiger partial charge in [0.05, 0.1) is 11.4 Å². The van der Waals surface area contributed by atoms with Crippen LogP contribution in [0, 0.1) is 0 Å². The summed E-state index contributed by atoms with van der Waals surface area (Å²) in [4.78, 5) is 33.1. The number of benzene rings is 1. The third-order valence-corrected chi connectivity index (χ3v) is 6.84. The van der Waals surface area contributed by atoms with E-state index in [4.69, 9.17) is 5.73 Å². The summed E-state index contributed by atoms with van der Waals surface area (Å²) in [6.07, 6.45) is 3.21. The molecule has 36 heavy (non-hydrogen) atoms. The van der Waals surface area contributed by atoms with E-state index in [2.05, 4.69) is 29.0 Å². The van der Waals surface area contributed by atoms with E-state index in [0.717, 1.165) is 28.2 Å². The number of nitrogen functional groups attached to an aromatic ring is 1. The number of amides is 2. The van der Waals surface area contributed by atoms with Crippen LogP contribution in [-0.2, 0) is 9.59 Å². The molecule has 0 atom stereocenters. The number of rotatable bonds is 4. The fourth-order valence-electron chi connectivity index (χ4n) is 5.07. The minimum absolute atomic E-state index is 0.105. The standard InChI is InChI=1S/C26H30N8O2/c1-16(2)33-21(9-10-29-33)20-14-22(34-23(20)24(27)28-15-30-34)18-7-6-8-19(13-18)31-11-12-32(17(3)35)26(4,5)25(31)36/h6-10,13-16H,11-12H2,1-5H3,(H2,27,28,30). The molecule has 4 aromatic rings. The number of nitrogens with two attached hydrogens (primary N) is 1. The number of fused-ring (bicyclic) bond motifs is 1. The first kappa shape index (κ1) is 23.5. The maximum absolute atomic E-state index is 13.4. The molecule has 1 saturated heterocycles. The molecule has 0 aliphatic carbocycles. The number of carbonyl (C=O) groups excluding carboxylic acids is 2. The molecule has 0 bridgehead atoms. The van der Waals surface area contributed by atoms with Crippen LogP contribution in [-0.4, -0.2) is 59.7 Å². The molecular formula is C26H30N8O2. The highest BCUT2D eigenvalue weighted by atomic mass is 16.2. The largest absolute Gasteiger partial charge is 0.382 e. The number of aromatic nitrogens is 5. The molecular weight excluding hydrogens is 456 g/mol. The highest BCUT2D eigenvalue weighted by Crippen LogP contribution is 2.37. The van der Waals surface area contributed by atoms with Crippen molar-refractivity contribution in [2.75, 3.05) is 23.7 Å². The number of hydrogen-bond donors (Lipinski definition) is 1. The van der Waals surface area contributed by atoms with E-state index < -0.39 is 5.54 Å². The lowest BCUT2D eigenvalue weighted by Gasteiger charge is -2.45. The van der Waals surface area contributed by atoms with Gasteiger partial charge in [0, 0.05) is 49.1 Å². The van der Waals surface area contributed by atoms with E-state index in [-0.39, 0.29) is 17.9 Å². The van der Waals surface area contributed by atoms with E-state index in [1.54, 1.807) is 34.4 Å². The minimum Gasteiger partial charge on any atom is -0.382 e. The zero-order valence-electron chi connectivity index (χ0n) is 21.1. The molecule has 10 nitrogen and oxygen atoms in total. The summed E-state index contributed by atoms with van der Waals surface area (Å²) in [5.74, 6) is 0.150. The summed E-state index contributed by atoms with van der Waals surface area (Å²) in [5, 5.41) is 8.98. The van der Waals surface area contributed by atoms with Crippen molar-refractivity contribution in [2.24, 2.45) is 0 Å². The summed E-state index contributed by atoms with van der Waals surface area (Å²) in [7, 11) is 0. The predicted octanol–water partition coefficient (Wildman–Crippen LogP) is 3.40. The van der Waals surface area contributed by atoms with E-state index >= 15 is 0 Å². The topological polar surface area (TPSA) is 115 Å². The highest BCUT2D eigenvalue weighted by Gasteiger charge is 2.43. The molecule has 10 heteroatoms. The Morgan fingerprint density at radius 1 is 1.08 bits per heavy atom. The van der Waals surface area contributed by atoms with Gasteiger partial charge < -0.3 is 15.5 Å². The summed E-state index contributed by atoms with van der Waals surface area (Å²) >= 11 is 0. The molecule has 186 valence electrons. The van der Waals surface area contributed by atoms with E-state index in [9.17, 15) is 9.59 Å². The Hall–Kier alpha value is -4.21. The van der Waals surface area contributed by atoms with Crippen LogP contribution in [0.25, 0.3) is 28.0 Å². The second-order valence-electron chi connectivity index (χ2n) is 9.84. The third kappa shape index (κ3) is 3.60. The fraction of sp³-hybridized carbons (Fsp3) is 0.346. The van der Waals surface area contributed by atoms with Crippen molar-refractivity contribution in [2.45, 2.75) is 46.2 Å². The van der Waals surface area contributed by atoms with Crippen molar-refractivity contribution < 1.29 is 9.59 Å². The van der Waals surface area contributed by atoms with Gasteiger partial charge in [-0.1, -0.05) is 12.1 Å². The van der Waals surface area contributed by atoms with Crippen LogP contribution >= 0.6 is 0 Å².